The van der Waals surface area contributed by atoms with E-state index in [1.54, 1.807) is 0 Å². The number of aliphatic imine (C=N–C) groups is 2. The number of aryl methyl sites for hydroxylation is 1. The van der Waals surface area contributed by atoms with Crippen LogP contribution in [-0.4, -0.2) is 66.9 Å². The standard InChI is InChI=1S/C14H22N5O8P/c1-7-12(21)10(8(3-17-7)6-27-28(24,25)26)5-18-11(13(22)23)2-9(20)4-19-14(15)16/h3,5,9,11,20-21H,2,4,6H2,1H3,(H,22,23)(H4,15,16,19)(H2,24,25,26)/t9-,11-/m0/s1. The molecule has 0 aliphatic carbocycles. The van der Waals surface area contributed by atoms with Crippen molar-refractivity contribution in [2.45, 2.75) is 32.1 Å². The number of phosphoric acid groups is 1. The summed E-state index contributed by atoms with van der Waals surface area (Å²) in [4.78, 5) is 40.3. The van der Waals surface area contributed by atoms with E-state index in [1.165, 1.54) is 13.1 Å². The summed E-state index contributed by atoms with van der Waals surface area (Å²) in [5.41, 5.74) is 10.5. The lowest BCUT2D eigenvalue weighted by atomic mass is 10.1. The Morgan fingerprint density at radius 2 is 2.07 bits per heavy atom. The largest absolute Gasteiger partial charge is 0.505 e. The zero-order valence-corrected chi connectivity index (χ0v) is 15.7. The molecule has 13 nitrogen and oxygen atoms in total. The summed E-state index contributed by atoms with van der Waals surface area (Å²) in [5, 5.41) is 29.2. The second-order valence-electron chi connectivity index (χ2n) is 5.68. The maximum absolute atomic E-state index is 11.4. The van der Waals surface area contributed by atoms with Crippen LogP contribution in [0.5, 0.6) is 5.75 Å². The van der Waals surface area contributed by atoms with Gasteiger partial charge in [-0.1, -0.05) is 0 Å². The van der Waals surface area contributed by atoms with Gasteiger partial charge in [0.25, 0.3) is 0 Å². The van der Waals surface area contributed by atoms with Gasteiger partial charge in [-0.2, -0.15) is 0 Å². The van der Waals surface area contributed by atoms with Crippen LogP contribution in [0.3, 0.4) is 0 Å². The number of nitrogens with two attached hydrogens (primary N) is 2. The number of aliphatic carboxylic acids is 1. The molecule has 0 spiro atoms. The summed E-state index contributed by atoms with van der Waals surface area (Å²) >= 11 is 0. The van der Waals surface area contributed by atoms with Crippen LogP contribution in [0.1, 0.15) is 23.2 Å². The van der Waals surface area contributed by atoms with Gasteiger partial charge in [-0.25, -0.2) is 9.36 Å². The highest BCUT2D eigenvalue weighted by Crippen LogP contribution is 2.37. The number of nitrogens with zero attached hydrogens (tertiary/aromatic N) is 3. The lowest BCUT2D eigenvalue weighted by Crippen LogP contribution is -2.29. The molecule has 1 aromatic rings. The average molecular weight is 419 g/mol. The van der Waals surface area contributed by atoms with Crippen molar-refractivity contribution in [1.82, 2.24) is 4.98 Å². The van der Waals surface area contributed by atoms with Crippen molar-refractivity contribution in [3.05, 3.63) is 23.0 Å². The van der Waals surface area contributed by atoms with E-state index in [1.807, 2.05) is 0 Å². The molecule has 1 aromatic heterocycles. The fraction of sp³-hybridized carbons (Fsp3) is 0.429. The Balaban J connectivity index is 3.08. The van der Waals surface area contributed by atoms with Gasteiger partial charge in [0, 0.05) is 30.0 Å². The number of pyridine rings is 1. The molecule has 0 radical (unpaired) electrons. The topological polar surface area (TPSA) is 234 Å². The fourth-order valence-electron chi connectivity index (χ4n) is 2.00. The van der Waals surface area contributed by atoms with E-state index in [2.05, 4.69) is 19.5 Å². The molecular formula is C14H22N5O8P. The lowest BCUT2D eigenvalue weighted by Gasteiger charge is -2.13. The van der Waals surface area contributed by atoms with Crippen LogP contribution in [0.25, 0.3) is 0 Å². The molecule has 1 heterocycles. The molecule has 0 unspecified atom stereocenters. The van der Waals surface area contributed by atoms with Gasteiger partial charge in [0.05, 0.1) is 24.9 Å². The van der Waals surface area contributed by atoms with E-state index in [9.17, 15) is 24.7 Å². The molecule has 9 N–H and O–H groups in total. The summed E-state index contributed by atoms with van der Waals surface area (Å²) < 4.78 is 15.3. The molecule has 0 saturated carbocycles. The molecule has 0 bridgehead atoms. The lowest BCUT2D eigenvalue weighted by molar-refractivity contribution is -0.139. The highest BCUT2D eigenvalue weighted by Gasteiger charge is 2.21. The smallest absolute Gasteiger partial charge is 0.469 e. The summed E-state index contributed by atoms with van der Waals surface area (Å²) in [5.74, 6) is -1.97. The predicted octanol–water partition coefficient (Wildman–Crippen LogP) is -1.40. The van der Waals surface area contributed by atoms with Crippen molar-refractivity contribution in [3.63, 3.8) is 0 Å². The SMILES string of the molecule is Cc1ncc(COP(=O)(O)O)c(C=N[C@@H](C[C@H](O)CN=C(N)N)C(=O)O)c1O. The van der Waals surface area contributed by atoms with Crippen LogP contribution >= 0.6 is 7.82 Å². The first-order valence-corrected chi connectivity index (χ1v) is 9.30. The van der Waals surface area contributed by atoms with E-state index >= 15 is 0 Å². The average Bonchev–Trinajstić information content (AvgIpc) is 2.57. The molecular weight excluding hydrogens is 397 g/mol. The first kappa shape index (κ1) is 23.5. The van der Waals surface area contributed by atoms with Crippen LogP contribution in [0.15, 0.2) is 16.2 Å². The van der Waals surface area contributed by atoms with E-state index in [4.69, 9.17) is 21.3 Å². The monoisotopic (exact) mass is 419 g/mol. The molecule has 0 saturated heterocycles. The van der Waals surface area contributed by atoms with Crippen molar-refractivity contribution in [2.75, 3.05) is 6.54 Å². The minimum Gasteiger partial charge on any atom is -0.505 e. The molecule has 1 rings (SSSR count). The van der Waals surface area contributed by atoms with Crippen molar-refractivity contribution >= 4 is 26.0 Å². The van der Waals surface area contributed by atoms with Crippen LogP contribution in [0, 0.1) is 6.92 Å². The molecule has 28 heavy (non-hydrogen) atoms. The molecule has 0 amide bonds. The number of aliphatic hydroxyl groups is 1. The number of guanidine groups is 1. The van der Waals surface area contributed by atoms with Gasteiger partial charge in [0.1, 0.15) is 11.8 Å². The molecule has 0 aromatic carbocycles. The summed E-state index contributed by atoms with van der Waals surface area (Å²) in [6.45, 7) is 0.647. The van der Waals surface area contributed by atoms with Gasteiger partial charge in [-0.05, 0) is 6.92 Å². The number of carboxylic acids is 1. The van der Waals surface area contributed by atoms with Crippen LogP contribution in [0.4, 0.5) is 0 Å². The van der Waals surface area contributed by atoms with Crippen LogP contribution < -0.4 is 11.5 Å². The molecule has 2 atom stereocenters. The van der Waals surface area contributed by atoms with Crippen molar-refractivity contribution in [2.24, 2.45) is 21.5 Å². The zero-order chi connectivity index (χ0) is 21.5. The van der Waals surface area contributed by atoms with E-state index in [-0.39, 0.29) is 41.5 Å². The quantitative estimate of drug-likeness (QED) is 0.132. The summed E-state index contributed by atoms with van der Waals surface area (Å²) in [6, 6.07) is -1.40. The number of aromatic nitrogens is 1. The third-order valence-electron chi connectivity index (χ3n) is 3.39. The third-order valence-corrected chi connectivity index (χ3v) is 3.86. The van der Waals surface area contributed by atoms with Crippen LogP contribution in [-0.2, 0) is 20.5 Å². The van der Waals surface area contributed by atoms with E-state index < -0.39 is 32.5 Å². The number of hydrogen-bond donors (Lipinski definition) is 7. The second kappa shape index (κ2) is 10.1. The maximum Gasteiger partial charge on any atom is 0.469 e. The Labute approximate surface area is 159 Å². The fourth-order valence-corrected chi connectivity index (χ4v) is 2.31. The molecule has 0 aliphatic rings. The normalized spacial score (nSPS) is 14.0. The van der Waals surface area contributed by atoms with Crippen molar-refractivity contribution in [3.8, 4) is 5.75 Å². The second-order valence-corrected chi connectivity index (χ2v) is 6.92. The minimum absolute atomic E-state index is 0.0223. The minimum atomic E-state index is -4.78. The molecule has 156 valence electrons. The number of rotatable bonds is 10. The summed E-state index contributed by atoms with van der Waals surface area (Å²) in [7, 11) is -4.78. The van der Waals surface area contributed by atoms with Crippen molar-refractivity contribution in [1.29, 1.82) is 0 Å². The first-order chi connectivity index (χ1) is 12.9. The Kier molecular flexibility index (Phi) is 8.47. The number of aliphatic hydroxyl groups excluding tert-OH is 1. The van der Waals surface area contributed by atoms with Gasteiger partial charge >= 0.3 is 13.8 Å². The Bertz CT molecular complexity index is 805. The zero-order valence-electron chi connectivity index (χ0n) is 14.8. The molecule has 14 heteroatoms. The molecule has 0 aliphatic heterocycles. The maximum atomic E-state index is 11.4. The van der Waals surface area contributed by atoms with E-state index in [0.717, 1.165) is 6.21 Å². The van der Waals surface area contributed by atoms with Gasteiger partial charge in [0.15, 0.2) is 5.96 Å². The van der Waals surface area contributed by atoms with Crippen LogP contribution in [0.2, 0.25) is 0 Å². The molecule has 0 fully saturated rings. The predicted molar refractivity (Wildman–Crippen MR) is 97.8 cm³/mol. The van der Waals surface area contributed by atoms with Gasteiger partial charge in [-0.3, -0.25) is 19.5 Å². The number of aromatic hydroxyl groups is 1. The van der Waals surface area contributed by atoms with Gasteiger partial charge < -0.3 is 36.6 Å². The van der Waals surface area contributed by atoms with Crippen molar-refractivity contribution < 1.29 is 39.0 Å². The summed E-state index contributed by atoms with van der Waals surface area (Å²) in [6.07, 6.45) is 0.705. The Morgan fingerprint density at radius 1 is 1.43 bits per heavy atom. The third kappa shape index (κ3) is 7.98. The number of hydrogen-bond acceptors (Lipinski definition) is 8. The Morgan fingerprint density at radius 3 is 2.61 bits per heavy atom. The number of phosphoric ester groups is 1. The number of carboxylic acid groups (broad SMARTS) is 1. The van der Waals surface area contributed by atoms with E-state index in [0.29, 0.717) is 0 Å². The highest BCUT2D eigenvalue weighted by atomic mass is 31.2. The first-order valence-electron chi connectivity index (χ1n) is 7.77. The van der Waals surface area contributed by atoms with Gasteiger partial charge in [0.2, 0.25) is 0 Å². The Hall–Kier alpha value is -2.57. The highest BCUT2D eigenvalue weighted by molar-refractivity contribution is 7.46. The van der Waals surface area contributed by atoms with Gasteiger partial charge in [-0.15, -0.1) is 0 Å². The number of carbonyl (C=O) groups is 1.